The van der Waals surface area contributed by atoms with Gasteiger partial charge in [0.2, 0.25) is 0 Å². The first kappa shape index (κ1) is 12.0. The molecule has 1 aliphatic carbocycles. The maximum Gasteiger partial charge on any atom is 0.104 e. The van der Waals surface area contributed by atoms with Gasteiger partial charge in [0.15, 0.2) is 0 Å². The molecule has 0 aliphatic heterocycles. The topological polar surface area (TPSA) is 20.2 Å². The van der Waals surface area contributed by atoms with Crippen LogP contribution >= 0.6 is 0 Å². The summed E-state index contributed by atoms with van der Waals surface area (Å²) < 4.78 is 0. The summed E-state index contributed by atoms with van der Waals surface area (Å²) in [6.45, 7) is -0.0825. The molecule has 94 valence electrons. The van der Waals surface area contributed by atoms with Gasteiger partial charge < -0.3 is 5.11 Å². The molecule has 1 aliphatic rings. The molecule has 0 fully saturated rings. The number of benzene rings is 2. The Hall–Kier alpha value is -2.04. The van der Waals surface area contributed by atoms with Crippen LogP contribution in [-0.4, -0.2) is 11.7 Å². The van der Waals surface area contributed by atoms with Crippen LogP contribution in [0.15, 0.2) is 48.5 Å². The van der Waals surface area contributed by atoms with Crippen LogP contribution in [0.3, 0.4) is 0 Å². The van der Waals surface area contributed by atoms with Crippen molar-refractivity contribution < 1.29 is 5.11 Å². The second-order valence-electron chi connectivity index (χ2n) is 4.81. The van der Waals surface area contributed by atoms with Gasteiger partial charge in [0.1, 0.15) is 6.61 Å². The highest BCUT2D eigenvalue weighted by Gasteiger charge is 2.21. The van der Waals surface area contributed by atoms with E-state index in [4.69, 9.17) is 5.11 Å². The number of hydrogen-bond acceptors (Lipinski definition) is 1. The van der Waals surface area contributed by atoms with E-state index in [0.29, 0.717) is 0 Å². The Bertz CT molecular complexity index is 598. The lowest BCUT2D eigenvalue weighted by molar-refractivity contribution is 0.350. The maximum atomic E-state index is 8.99. The molecule has 2 aromatic rings. The summed E-state index contributed by atoms with van der Waals surface area (Å²) in [5, 5.41) is 8.99. The minimum Gasteiger partial charge on any atom is -0.384 e. The van der Waals surface area contributed by atoms with Gasteiger partial charge in [-0.3, -0.25) is 0 Å². The van der Waals surface area contributed by atoms with Crippen LogP contribution in [0.25, 0.3) is 0 Å². The monoisotopic (exact) mass is 248 g/mol. The standard InChI is InChI=1S/C18H16O/c19-13-5-10-18-16-8-3-1-6-14(16)11-12-15-7-2-4-9-17(15)18/h1-4,6-9,18-19H,11-13H2. The summed E-state index contributed by atoms with van der Waals surface area (Å²) in [5.74, 6) is 6.14. The lowest BCUT2D eigenvalue weighted by Crippen LogP contribution is -2.01. The van der Waals surface area contributed by atoms with Crippen LogP contribution in [0, 0.1) is 11.8 Å². The van der Waals surface area contributed by atoms with Crippen LogP contribution in [0.1, 0.15) is 28.2 Å². The highest BCUT2D eigenvalue weighted by Crippen LogP contribution is 2.33. The molecular formula is C18H16O. The Kier molecular flexibility index (Phi) is 3.35. The number of aliphatic hydroxyl groups is 1. The van der Waals surface area contributed by atoms with Gasteiger partial charge in [-0.25, -0.2) is 0 Å². The molecule has 0 spiro atoms. The van der Waals surface area contributed by atoms with Crippen molar-refractivity contribution in [3.05, 3.63) is 70.8 Å². The fraction of sp³-hybridized carbons (Fsp3) is 0.222. The van der Waals surface area contributed by atoms with Gasteiger partial charge in [0.05, 0.1) is 5.92 Å². The van der Waals surface area contributed by atoms with Crippen LogP contribution in [0.4, 0.5) is 0 Å². The average molecular weight is 248 g/mol. The molecule has 1 heteroatoms. The van der Waals surface area contributed by atoms with E-state index < -0.39 is 0 Å². The van der Waals surface area contributed by atoms with Crippen LogP contribution in [0.5, 0.6) is 0 Å². The van der Waals surface area contributed by atoms with E-state index in [0.717, 1.165) is 12.8 Å². The molecule has 0 heterocycles. The Balaban J connectivity index is 2.19. The van der Waals surface area contributed by atoms with Crippen LogP contribution in [0.2, 0.25) is 0 Å². The lowest BCUT2D eigenvalue weighted by atomic mass is 9.88. The van der Waals surface area contributed by atoms with Gasteiger partial charge in [-0.2, -0.15) is 0 Å². The number of aliphatic hydroxyl groups excluding tert-OH is 1. The molecule has 0 amide bonds. The molecule has 0 radical (unpaired) electrons. The van der Waals surface area contributed by atoms with Gasteiger partial charge in [0, 0.05) is 0 Å². The molecule has 0 unspecified atom stereocenters. The summed E-state index contributed by atoms with van der Waals surface area (Å²) in [7, 11) is 0. The van der Waals surface area contributed by atoms with Crippen molar-refractivity contribution >= 4 is 0 Å². The second-order valence-corrected chi connectivity index (χ2v) is 4.81. The molecule has 0 bridgehead atoms. The summed E-state index contributed by atoms with van der Waals surface area (Å²) in [6, 6.07) is 17.0. The number of hydrogen-bond donors (Lipinski definition) is 1. The van der Waals surface area contributed by atoms with Crippen molar-refractivity contribution in [3.8, 4) is 11.8 Å². The first-order valence-corrected chi connectivity index (χ1v) is 6.65. The Morgan fingerprint density at radius 3 is 1.95 bits per heavy atom. The van der Waals surface area contributed by atoms with E-state index in [1.54, 1.807) is 0 Å². The SMILES string of the molecule is OCC#CC1c2ccccc2CCc2ccccc21. The molecule has 19 heavy (non-hydrogen) atoms. The van der Waals surface area contributed by atoms with Crippen LogP contribution in [-0.2, 0) is 12.8 Å². The van der Waals surface area contributed by atoms with Crippen molar-refractivity contribution in [1.29, 1.82) is 0 Å². The molecular weight excluding hydrogens is 232 g/mol. The van der Waals surface area contributed by atoms with Crippen molar-refractivity contribution in [2.75, 3.05) is 6.61 Å². The van der Waals surface area contributed by atoms with E-state index in [2.05, 4.69) is 60.4 Å². The molecule has 0 aromatic heterocycles. The van der Waals surface area contributed by atoms with E-state index in [9.17, 15) is 0 Å². The van der Waals surface area contributed by atoms with Gasteiger partial charge in [0.25, 0.3) is 0 Å². The van der Waals surface area contributed by atoms with Gasteiger partial charge in [-0.1, -0.05) is 60.4 Å². The Morgan fingerprint density at radius 2 is 1.42 bits per heavy atom. The van der Waals surface area contributed by atoms with E-state index >= 15 is 0 Å². The molecule has 1 N–H and O–H groups in total. The Labute approximate surface area is 113 Å². The third-order valence-electron chi connectivity index (χ3n) is 3.72. The summed E-state index contributed by atoms with van der Waals surface area (Å²) in [4.78, 5) is 0. The average Bonchev–Trinajstić information content (AvgIpc) is 2.62. The van der Waals surface area contributed by atoms with Gasteiger partial charge in [-0.05, 0) is 35.1 Å². The highest BCUT2D eigenvalue weighted by molar-refractivity contribution is 5.49. The summed E-state index contributed by atoms with van der Waals surface area (Å²) in [6.07, 6.45) is 2.12. The first-order valence-electron chi connectivity index (χ1n) is 6.65. The Morgan fingerprint density at radius 1 is 0.895 bits per heavy atom. The quantitative estimate of drug-likeness (QED) is 0.711. The van der Waals surface area contributed by atoms with Crippen molar-refractivity contribution in [2.24, 2.45) is 0 Å². The molecule has 0 saturated heterocycles. The fourth-order valence-electron chi connectivity index (χ4n) is 2.83. The maximum absolute atomic E-state index is 8.99. The predicted octanol–water partition coefficient (Wildman–Crippen LogP) is 2.91. The minimum absolute atomic E-state index is 0.0825. The molecule has 0 saturated carbocycles. The normalized spacial score (nSPS) is 13.7. The molecule has 1 nitrogen and oxygen atoms in total. The lowest BCUT2D eigenvalue weighted by Gasteiger charge is -2.14. The predicted molar refractivity (Wildman–Crippen MR) is 77.0 cm³/mol. The van der Waals surface area contributed by atoms with Crippen LogP contribution < -0.4 is 0 Å². The highest BCUT2D eigenvalue weighted by atomic mass is 16.2. The third-order valence-corrected chi connectivity index (χ3v) is 3.72. The smallest absolute Gasteiger partial charge is 0.104 e. The third kappa shape index (κ3) is 2.28. The fourth-order valence-corrected chi connectivity index (χ4v) is 2.83. The van der Waals surface area contributed by atoms with Crippen molar-refractivity contribution in [2.45, 2.75) is 18.8 Å². The van der Waals surface area contributed by atoms with Crippen molar-refractivity contribution in [3.63, 3.8) is 0 Å². The number of aryl methyl sites for hydroxylation is 2. The number of rotatable bonds is 0. The minimum atomic E-state index is -0.0825. The zero-order valence-corrected chi connectivity index (χ0v) is 10.8. The second kappa shape index (κ2) is 5.30. The molecule has 3 rings (SSSR count). The van der Waals surface area contributed by atoms with Gasteiger partial charge in [-0.15, -0.1) is 0 Å². The zero-order chi connectivity index (χ0) is 13.1. The van der Waals surface area contributed by atoms with Crippen molar-refractivity contribution in [1.82, 2.24) is 0 Å². The van der Waals surface area contributed by atoms with E-state index in [-0.39, 0.29) is 12.5 Å². The first-order chi connectivity index (χ1) is 9.40. The zero-order valence-electron chi connectivity index (χ0n) is 10.8. The number of fused-ring (bicyclic) bond motifs is 2. The molecule has 0 atom stereocenters. The molecule has 2 aromatic carbocycles. The summed E-state index contributed by atoms with van der Waals surface area (Å²) >= 11 is 0. The van der Waals surface area contributed by atoms with E-state index in [1.807, 2.05) is 0 Å². The summed E-state index contributed by atoms with van der Waals surface area (Å²) in [5.41, 5.74) is 5.31. The van der Waals surface area contributed by atoms with E-state index in [1.165, 1.54) is 22.3 Å². The largest absolute Gasteiger partial charge is 0.384 e. The van der Waals surface area contributed by atoms with Gasteiger partial charge >= 0.3 is 0 Å².